The van der Waals surface area contributed by atoms with Crippen LogP contribution in [0.3, 0.4) is 0 Å². The van der Waals surface area contributed by atoms with Crippen LogP contribution in [0.4, 0.5) is 0 Å². The summed E-state index contributed by atoms with van der Waals surface area (Å²) < 4.78 is 0. The molecule has 0 radical (unpaired) electrons. The van der Waals surface area contributed by atoms with Crippen LogP contribution in [0.5, 0.6) is 0 Å². The quantitative estimate of drug-likeness (QED) is 0.822. The highest BCUT2D eigenvalue weighted by Gasteiger charge is 2.31. The fourth-order valence-electron chi connectivity index (χ4n) is 4.35. The molecule has 0 aromatic heterocycles. The maximum Gasteiger partial charge on any atom is 0.220 e. The van der Waals surface area contributed by atoms with Gasteiger partial charge in [0.05, 0.1) is 0 Å². The smallest absolute Gasteiger partial charge is 0.220 e. The van der Waals surface area contributed by atoms with E-state index in [2.05, 4.69) is 10.2 Å². The number of amides is 1. The van der Waals surface area contributed by atoms with Crippen LogP contribution in [-0.2, 0) is 4.79 Å². The molecule has 0 aromatic rings. The highest BCUT2D eigenvalue weighted by molar-refractivity contribution is 5.76. The summed E-state index contributed by atoms with van der Waals surface area (Å²) in [6.07, 6.45) is 10.7. The van der Waals surface area contributed by atoms with Crippen molar-refractivity contribution >= 4 is 5.91 Å². The molecule has 2 aliphatic carbocycles. The molecule has 3 N–H and O–H groups in total. The second-order valence-electron chi connectivity index (χ2n) is 7.05. The molecule has 1 aliphatic heterocycles. The Hall–Kier alpha value is -0.610. The second-order valence-corrected chi connectivity index (χ2v) is 7.05. The summed E-state index contributed by atoms with van der Waals surface area (Å²) in [5.41, 5.74) is 6.05. The van der Waals surface area contributed by atoms with E-state index in [4.69, 9.17) is 5.73 Å². The van der Waals surface area contributed by atoms with Crippen molar-refractivity contribution in [3.63, 3.8) is 0 Å². The molecular formula is C16H29N3O. The fraction of sp³-hybridized carbons (Fsp3) is 0.938. The minimum absolute atomic E-state index is 0.227. The van der Waals surface area contributed by atoms with E-state index >= 15 is 0 Å². The zero-order valence-corrected chi connectivity index (χ0v) is 12.5. The molecule has 1 unspecified atom stereocenters. The molecule has 3 atom stereocenters. The van der Waals surface area contributed by atoms with Gasteiger partial charge in [0, 0.05) is 37.6 Å². The first kappa shape index (κ1) is 14.3. The Morgan fingerprint density at radius 3 is 2.60 bits per heavy atom. The normalized spacial score (nSPS) is 35.8. The lowest BCUT2D eigenvalue weighted by atomic mass is 9.99. The lowest BCUT2D eigenvalue weighted by molar-refractivity contribution is -0.122. The topological polar surface area (TPSA) is 58.4 Å². The summed E-state index contributed by atoms with van der Waals surface area (Å²) in [6.45, 7) is 2.23. The number of carbonyl (C=O) groups excluding carboxylic acids is 1. The molecule has 1 amide bonds. The van der Waals surface area contributed by atoms with Gasteiger partial charge in [-0.2, -0.15) is 0 Å². The van der Waals surface area contributed by atoms with Crippen molar-refractivity contribution in [2.45, 2.75) is 75.9 Å². The molecule has 1 saturated heterocycles. The molecule has 4 heteroatoms. The van der Waals surface area contributed by atoms with E-state index in [1.807, 2.05) is 0 Å². The van der Waals surface area contributed by atoms with Crippen LogP contribution in [-0.4, -0.2) is 42.0 Å². The van der Waals surface area contributed by atoms with E-state index in [-0.39, 0.29) is 11.9 Å². The van der Waals surface area contributed by atoms with E-state index in [1.165, 1.54) is 38.6 Å². The predicted molar refractivity (Wildman–Crippen MR) is 80.3 cm³/mol. The Kier molecular flexibility index (Phi) is 4.61. The summed E-state index contributed by atoms with van der Waals surface area (Å²) in [4.78, 5) is 14.7. The van der Waals surface area contributed by atoms with E-state index in [0.29, 0.717) is 18.4 Å². The number of rotatable bonds is 4. The minimum atomic E-state index is 0.227. The first-order chi connectivity index (χ1) is 9.72. The van der Waals surface area contributed by atoms with E-state index < -0.39 is 0 Å². The molecule has 1 heterocycles. The Bertz CT molecular complexity index is 341. The van der Waals surface area contributed by atoms with Gasteiger partial charge in [0.15, 0.2) is 0 Å². The number of carbonyl (C=O) groups is 1. The molecule has 2 saturated carbocycles. The van der Waals surface area contributed by atoms with E-state index in [9.17, 15) is 4.79 Å². The van der Waals surface area contributed by atoms with Crippen molar-refractivity contribution in [3.05, 3.63) is 0 Å². The van der Waals surface area contributed by atoms with Gasteiger partial charge in [-0.15, -0.1) is 0 Å². The summed E-state index contributed by atoms with van der Waals surface area (Å²) in [5.74, 6) is 0.646. The number of hydrogen-bond acceptors (Lipinski definition) is 3. The van der Waals surface area contributed by atoms with Crippen LogP contribution in [0.15, 0.2) is 0 Å². The first-order valence-corrected chi connectivity index (χ1v) is 8.51. The lowest BCUT2D eigenvalue weighted by Gasteiger charge is -2.23. The fourth-order valence-corrected chi connectivity index (χ4v) is 4.35. The number of nitrogens with one attached hydrogen (secondary N) is 1. The van der Waals surface area contributed by atoms with Crippen molar-refractivity contribution < 1.29 is 4.79 Å². The van der Waals surface area contributed by atoms with Gasteiger partial charge in [0.2, 0.25) is 5.91 Å². The molecule has 3 aliphatic rings. The molecular weight excluding hydrogens is 250 g/mol. The molecule has 4 nitrogen and oxygen atoms in total. The molecule has 0 aromatic carbocycles. The second kappa shape index (κ2) is 6.44. The Morgan fingerprint density at radius 2 is 1.90 bits per heavy atom. The largest absolute Gasteiger partial charge is 0.352 e. The third-order valence-corrected chi connectivity index (χ3v) is 5.59. The Morgan fingerprint density at radius 1 is 1.10 bits per heavy atom. The number of nitrogens with zero attached hydrogens (tertiary/aromatic N) is 1. The van der Waals surface area contributed by atoms with Gasteiger partial charge in [-0.1, -0.05) is 19.3 Å². The summed E-state index contributed by atoms with van der Waals surface area (Å²) in [5, 5.41) is 3.24. The zero-order valence-electron chi connectivity index (χ0n) is 12.5. The summed E-state index contributed by atoms with van der Waals surface area (Å²) in [7, 11) is 0. The molecule has 114 valence electrons. The third-order valence-electron chi connectivity index (χ3n) is 5.59. The molecule has 0 bridgehead atoms. The van der Waals surface area contributed by atoms with Gasteiger partial charge in [0.1, 0.15) is 0 Å². The summed E-state index contributed by atoms with van der Waals surface area (Å²) in [6, 6.07) is 1.42. The molecule has 3 rings (SSSR count). The predicted octanol–water partition coefficient (Wildman–Crippen LogP) is 1.64. The monoisotopic (exact) mass is 279 g/mol. The van der Waals surface area contributed by atoms with E-state index in [1.54, 1.807) is 0 Å². The highest BCUT2D eigenvalue weighted by atomic mass is 16.1. The van der Waals surface area contributed by atoms with Crippen molar-refractivity contribution in [1.82, 2.24) is 10.2 Å². The average Bonchev–Trinajstić information content (AvgIpc) is 3.12. The van der Waals surface area contributed by atoms with Crippen LogP contribution in [0.25, 0.3) is 0 Å². The zero-order chi connectivity index (χ0) is 13.9. The van der Waals surface area contributed by atoms with Gasteiger partial charge in [-0.05, 0) is 38.0 Å². The maximum atomic E-state index is 12.1. The minimum Gasteiger partial charge on any atom is -0.352 e. The third kappa shape index (κ3) is 3.34. The Balaban J connectivity index is 1.41. The van der Waals surface area contributed by atoms with Crippen LogP contribution < -0.4 is 11.1 Å². The Labute approximate surface area is 122 Å². The SMILES string of the molecule is N[C@@H]1CCC[C@H]1CC(=O)NC1CCN(C2CCCC2)C1. The van der Waals surface area contributed by atoms with Crippen molar-refractivity contribution in [1.29, 1.82) is 0 Å². The van der Waals surface area contributed by atoms with Crippen molar-refractivity contribution in [2.24, 2.45) is 11.7 Å². The van der Waals surface area contributed by atoms with Crippen molar-refractivity contribution in [2.75, 3.05) is 13.1 Å². The van der Waals surface area contributed by atoms with Crippen LogP contribution in [0.2, 0.25) is 0 Å². The summed E-state index contributed by atoms with van der Waals surface area (Å²) >= 11 is 0. The number of hydrogen-bond donors (Lipinski definition) is 2. The number of nitrogens with two attached hydrogens (primary N) is 1. The van der Waals surface area contributed by atoms with Crippen LogP contribution >= 0.6 is 0 Å². The van der Waals surface area contributed by atoms with Gasteiger partial charge in [-0.25, -0.2) is 0 Å². The standard InChI is InChI=1S/C16H29N3O/c17-15-7-3-4-12(15)10-16(20)18-13-8-9-19(11-13)14-5-1-2-6-14/h12-15H,1-11,17H2,(H,18,20)/t12-,13?,15+/m0/s1. The van der Waals surface area contributed by atoms with Crippen LogP contribution in [0, 0.1) is 5.92 Å². The average molecular weight is 279 g/mol. The van der Waals surface area contributed by atoms with Crippen LogP contribution in [0.1, 0.15) is 57.8 Å². The molecule has 20 heavy (non-hydrogen) atoms. The van der Waals surface area contributed by atoms with Crippen molar-refractivity contribution in [3.8, 4) is 0 Å². The van der Waals surface area contributed by atoms with Gasteiger partial charge in [0.25, 0.3) is 0 Å². The lowest BCUT2D eigenvalue weighted by Crippen LogP contribution is -2.40. The van der Waals surface area contributed by atoms with Gasteiger partial charge in [-0.3, -0.25) is 9.69 Å². The number of likely N-dealkylation sites (tertiary alicyclic amines) is 1. The maximum absolute atomic E-state index is 12.1. The molecule has 3 fully saturated rings. The van der Waals surface area contributed by atoms with Gasteiger partial charge >= 0.3 is 0 Å². The first-order valence-electron chi connectivity index (χ1n) is 8.51. The van der Waals surface area contributed by atoms with Gasteiger partial charge < -0.3 is 11.1 Å². The van der Waals surface area contributed by atoms with E-state index in [0.717, 1.165) is 31.8 Å². The highest BCUT2D eigenvalue weighted by Crippen LogP contribution is 2.28. The molecule has 0 spiro atoms.